The molecule has 1 saturated heterocycles. The Kier molecular flexibility index (Phi) is 8.59. The van der Waals surface area contributed by atoms with Gasteiger partial charge in [-0.15, -0.1) is 0 Å². The zero-order valence-electron chi connectivity index (χ0n) is 12.3. The van der Waals surface area contributed by atoms with Crippen molar-refractivity contribution in [1.82, 2.24) is 10.2 Å². The van der Waals surface area contributed by atoms with E-state index in [0.717, 1.165) is 52.2 Å². The van der Waals surface area contributed by atoms with E-state index in [1.165, 1.54) is 6.42 Å². The lowest BCUT2D eigenvalue weighted by Crippen LogP contribution is -2.45. The summed E-state index contributed by atoms with van der Waals surface area (Å²) in [4.78, 5) is 2.52. The largest absolute Gasteiger partial charge is 0.383 e. The highest BCUT2D eigenvalue weighted by molar-refractivity contribution is 4.76. The summed E-state index contributed by atoms with van der Waals surface area (Å²) in [5.41, 5.74) is 0. The molecule has 0 bridgehead atoms. The van der Waals surface area contributed by atoms with Gasteiger partial charge >= 0.3 is 0 Å². The van der Waals surface area contributed by atoms with Crippen molar-refractivity contribution >= 4 is 0 Å². The monoisotopic (exact) mass is 258 g/mol. The number of methoxy groups -OCH3 is 1. The fraction of sp³-hybridized carbons (Fsp3) is 1.00. The van der Waals surface area contributed by atoms with E-state index in [1.807, 2.05) is 0 Å². The van der Waals surface area contributed by atoms with Crippen LogP contribution in [0.3, 0.4) is 0 Å². The van der Waals surface area contributed by atoms with Gasteiger partial charge in [0.1, 0.15) is 0 Å². The molecule has 0 aromatic heterocycles. The third-order valence-corrected chi connectivity index (χ3v) is 3.42. The van der Waals surface area contributed by atoms with Crippen molar-refractivity contribution in [2.75, 3.05) is 46.5 Å². The van der Waals surface area contributed by atoms with Crippen LogP contribution in [0.25, 0.3) is 0 Å². The average molecular weight is 258 g/mol. The lowest BCUT2D eigenvalue weighted by molar-refractivity contribution is 0.0485. The highest BCUT2D eigenvalue weighted by Crippen LogP contribution is 2.09. The van der Waals surface area contributed by atoms with Gasteiger partial charge in [0, 0.05) is 39.4 Å². The molecule has 2 unspecified atom stereocenters. The summed E-state index contributed by atoms with van der Waals surface area (Å²) in [6, 6.07) is 0.436. The Hall–Kier alpha value is -0.160. The van der Waals surface area contributed by atoms with E-state index in [2.05, 4.69) is 24.1 Å². The van der Waals surface area contributed by atoms with Crippen molar-refractivity contribution in [3.05, 3.63) is 0 Å². The number of nitrogens with one attached hydrogen (secondary N) is 1. The third-order valence-electron chi connectivity index (χ3n) is 3.42. The van der Waals surface area contributed by atoms with E-state index in [0.29, 0.717) is 12.1 Å². The van der Waals surface area contributed by atoms with Crippen molar-refractivity contribution < 1.29 is 9.47 Å². The van der Waals surface area contributed by atoms with Crippen molar-refractivity contribution in [2.24, 2.45) is 0 Å². The van der Waals surface area contributed by atoms with Gasteiger partial charge in [-0.2, -0.15) is 0 Å². The normalized spacial score (nSPS) is 23.8. The molecule has 0 amide bonds. The van der Waals surface area contributed by atoms with Gasteiger partial charge in [-0.3, -0.25) is 4.90 Å². The lowest BCUT2D eigenvalue weighted by atomic mass is 10.2. The van der Waals surface area contributed by atoms with Crippen LogP contribution in [0.1, 0.15) is 33.1 Å². The standard InChI is InChI=1S/C14H30N2O2/c1-4-7-15-13(12-17-3)10-16-8-6-9-18-14(5-2)11-16/h13-15H,4-12H2,1-3H3. The Bertz CT molecular complexity index is 202. The molecule has 0 aromatic carbocycles. The Labute approximate surface area is 112 Å². The SMILES string of the molecule is CCCNC(COC)CN1CCCOC(CC)C1. The zero-order valence-corrected chi connectivity index (χ0v) is 12.3. The minimum atomic E-state index is 0.405. The molecule has 18 heavy (non-hydrogen) atoms. The highest BCUT2D eigenvalue weighted by atomic mass is 16.5. The van der Waals surface area contributed by atoms with Gasteiger partial charge in [-0.1, -0.05) is 13.8 Å². The first-order chi connectivity index (χ1) is 8.80. The predicted molar refractivity (Wildman–Crippen MR) is 75.0 cm³/mol. The van der Waals surface area contributed by atoms with Crippen LogP contribution >= 0.6 is 0 Å². The second kappa shape index (κ2) is 9.73. The van der Waals surface area contributed by atoms with E-state index in [1.54, 1.807) is 7.11 Å². The predicted octanol–water partition coefficient (Wildman–Crippen LogP) is 1.50. The molecule has 1 fully saturated rings. The fourth-order valence-electron chi connectivity index (χ4n) is 2.42. The highest BCUT2D eigenvalue weighted by Gasteiger charge is 2.20. The Balaban J connectivity index is 2.39. The number of hydrogen-bond acceptors (Lipinski definition) is 4. The Morgan fingerprint density at radius 2 is 2.28 bits per heavy atom. The molecule has 0 saturated carbocycles. The molecule has 1 aliphatic heterocycles. The quantitative estimate of drug-likeness (QED) is 0.715. The molecule has 4 nitrogen and oxygen atoms in total. The summed E-state index contributed by atoms with van der Waals surface area (Å²) in [5, 5.41) is 3.56. The summed E-state index contributed by atoms with van der Waals surface area (Å²) in [6.07, 6.45) is 3.82. The van der Waals surface area contributed by atoms with Gasteiger partial charge in [-0.05, 0) is 25.8 Å². The molecule has 1 heterocycles. The van der Waals surface area contributed by atoms with Crippen LogP contribution in [0.5, 0.6) is 0 Å². The molecule has 1 N–H and O–H groups in total. The van der Waals surface area contributed by atoms with Gasteiger partial charge in [0.25, 0.3) is 0 Å². The third kappa shape index (κ3) is 6.14. The van der Waals surface area contributed by atoms with Crippen LogP contribution in [0.2, 0.25) is 0 Å². The topological polar surface area (TPSA) is 33.7 Å². The Morgan fingerprint density at radius 3 is 2.94 bits per heavy atom. The average Bonchev–Trinajstić information content (AvgIpc) is 2.61. The van der Waals surface area contributed by atoms with Crippen LogP contribution in [0, 0.1) is 0 Å². The van der Waals surface area contributed by atoms with Gasteiger partial charge in [0.2, 0.25) is 0 Å². The van der Waals surface area contributed by atoms with Crippen LogP contribution in [0.4, 0.5) is 0 Å². The van der Waals surface area contributed by atoms with Gasteiger partial charge in [0.05, 0.1) is 12.7 Å². The Morgan fingerprint density at radius 1 is 1.44 bits per heavy atom. The van der Waals surface area contributed by atoms with Crippen LogP contribution in [-0.4, -0.2) is 63.5 Å². The molecule has 108 valence electrons. The van der Waals surface area contributed by atoms with Crippen LogP contribution < -0.4 is 5.32 Å². The van der Waals surface area contributed by atoms with E-state index < -0.39 is 0 Å². The maximum atomic E-state index is 5.81. The van der Waals surface area contributed by atoms with Crippen molar-refractivity contribution in [2.45, 2.75) is 45.3 Å². The summed E-state index contributed by atoms with van der Waals surface area (Å²) in [6.45, 7) is 10.4. The van der Waals surface area contributed by atoms with E-state index in [4.69, 9.17) is 9.47 Å². The summed E-state index contributed by atoms with van der Waals surface area (Å²) in [5.74, 6) is 0. The molecule has 0 spiro atoms. The lowest BCUT2D eigenvalue weighted by Gasteiger charge is -2.28. The van der Waals surface area contributed by atoms with E-state index in [9.17, 15) is 0 Å². The van der Waals surface area contributed by atoms with Gasteiger partial charge < -0.3 is 14.8 Å². The zero-order chi connectivity index (χ0) is 13.2. The second-order valence-corrected chi connectivity index (χ2v) is 5.12. The first kappa shape index (κ1) is 15.9. The smallest absolute Gasteiger partial charge is 0.0699 e. The maximum Gasteiger partial charge on any atom is 0.0699 e. The molecule has 0 aromatic rings. The van der Waals surface area contributed by atoms with Crippen LogP contribution in [0.15, 0.2) is 0 Å². The summed E-state index contributed by atoms with van der Waals surface area (Å²) < 4.78 is 11.1. The van der Waals surface area contributed by atoms with Crippen molar-refractivity contribution in [1.29, 1.82) is 0 Å². The molecule has 0 radical (unpaired) electrons. The first-order valence-corrected chi connectivity index (χ1v) is 7.36. The van der Waals surface area contributed by atoms with Crippen LogP contribution in [-0.2, 0) is 9.47 Å². The number of nitrogens with zero attached hydrogens (tertiary/aromatic N) is 1. The minimum Gasteiger partial charge on any atom is -0.383 e. The number of hydrogen-bond donors (Lipinski definition) is 1. The van der Waals surface area contributed by atoms with Gasteiger partial charge in [-0.25, -0.2) is 0 Å². The van der Waals surface area contributed by atoms with E-state index in [-0.39, 0.29) is 0 Å². The molecule has 1 aliphatic rings. The minimum absolute atomic E-state index is 0.405. The maximum absolute atomic E-state index is 5.81. The number of rotatable bonds is 8. The van der Waals surface area contributed by atoms with E-state index >= 15 is 0 Å². The van der Waals surface area contributed by atoms with Crippen molar-refractivity contribution in [3.8, 4) is 0 Å². The molecular formula is C14H30N2O2. The second-order valence-electron chi connectivity index (χ2n) is 5.12. The summed E-state index contributed by atoms with van der Waals surface area (Å²) >= 11 is 0. The molecule has 0 aliphatic carbocycles. The fourth-order valence-corrected chi connectivity index (χ4v) is 2.42. The summed E-state index contributed by atoms with van der Waals surface area (Å²) in [7, 11) is 1.78. The molecule has 4 heteroatoms. The van der Waals surface area contributed by atoms with Crippen molar-refractivity contribution in [3.63, 3.8) is 0 Å². The van der Waals surface area contributed by atoms with Gasteiger partial charge in [0.15, 0.2) is 0 Å². The number of ether oxygens (including phenoxy) is 2. The molecule has 1 rings (SSSR count). The molecular weight excluding hydrogens is 228 g/mol. The molecule has 2 atom stereocenters. The first-order valence-electron chi connectivity index (χ1n) is 7.36.